The zero-order valence-corrected chi connectivity index (χ0v) is 11.3. The van der Waals surface area contributed by atoms with Crippen LogP contribution in [-0.2, 0) is 0 Å². The summed E-state index contributed by atoms with van der Waals surface area (Å²) in [6, 6.07) is 5.05. The predicted molar refractivity (Wildman–Crippen MR) is 78.7 cm³/mol. The lowest BCUT2D eigenvalue weighted by Gasteiger charge is -2.18. The summed E-state index contributed by atoms with van der Waals surface area (Å²) in [4.78, 5) is 25.6. The van der Waals surface area contributed by atoms with Crippen molar-refractivity contribution in [3.05, 3.63) is 71.6 Å². The molecule has 2 rings (SSSR count). The highest BCUT2D eigenvalue weighted by molar-refractivity contribution is 5.95. The lowest BCUT2D eigenvalue weighted by Crippen LogP contribution is -2.31. The molecule has 4 nitrogen and oxygen atoms in total. The number of benzene rings is 1. The number of carbonyl (C=O) groups excluding carboxylic acids is 1. The minimum atomic E-state index is -0.673. The molecule has 1 aromatic heterocycles. The van der Waals surface area contributed by atoms with E-state index in [4.69, 9.17) is 4.42 Å². The molecular weight excluding hydrogens is 273 g/mol. The highest BCUT2D eigenvalue weighted by Gasteiger charge is 2.18. The van der Waals surface area contributed by atoms with Crippen LogP contribution in [-0.4, -0.2) is 23.9 Å². The van der Waals surface area contributed by atoms with Gasteiger partial charge < -0.3 is 9.32 Å². The van der Waals surface area contributed by atoms with E-state index in [-0.39, 0.29) is 24.2 Å². The molecule has 0 atom stereocenters. The Kier molecular flexibility index (Phi) is 4.33. The van der Waals surface area contributed by atoms with Crippen LogP contribution in [0.4, 0.5) is 4.39 Å². The maximum atomic E-state index is 13.2. The van der Waals surface area contributed by atoms with Crippen molar-refractivity contribution in [3.8, 4) is 0 Å². The molecule has 0 spiro atoms. The molecule has 1 amide bonds. The van der Waals surface area contributed by atoms with E-state index in [9.17, 15) is 14.0 Å². The zero-order valence-electron chi connectivity index (χ0n) is 11.3. The lowest BCUT2D eigenvalue weighted by atomic mass is 10.1. The first-order valence-electron chi connectivity index (χ1n) is 6.31. The van der Waals surface area contributed by atoms with Crippen LogP contribution in [0.1, 0.15) is 10.6 Å². The minimum Gasteiger partial charge on any atom is -0.417 e. The summed E-state index contributed by atoms with van der Waals surface area (Å²) in [5.41, 5.74) is -0.673. The molecule has 0 fully saturated rings. The smallest absolute Gasteiger partial charge is 0.344 e. The average Bonchev–Trinajstić information content (AvgIpc) is 2.45. The van der Waals surface area contributed by atoms with Crippen LogP contribution in [0.2, 0.25) is 0 Å². The molecule has 0 N–H and O–H groups in total. The maximum Gasteiger partial charge on any atom is 0.344 e. The molecule has 108 valence electrons. The number of halogens is 1. The Hall–Kier alpha value is -2.69. The molecule has 0 unspecified atom stereocenters. The Labute approximate surface area is 120 Å². The molecule has 21 heavy (non-hydrogen) atoms. The molecule has 1 heterocycles. The van der Waals surface area contributed by atoms with Gasteiger partial charge in [-0.05, 0) is 29.7 Å². The van der Waals surface area contributed by atoms with Crippen LogP contribution in [0, 0.1) is 5.82 Å². The zero-order chi connectivity index (χ0) is 15.4. The van der Waals surface area contributed by atoms with Gasteiger partial charge in [-0.25, -0.2) is 9.18 Å². The molecular formula is C16H14FNO3. The highest BCUT2D eigenvalue weighted by atomic mass is 19.1. The molecule has 0 radical (unpaired) electrons. The van der Waals surface area contributed by atoms with E-state index in [1.165, 1.54) is 29.2 Å². The van der Waals surface area contributed by atoms with Crippen molar-refractivity contribution in [1.82, 2.24) is 4.90 Å². The van der Waals surface area contributed by atoms with Gasteiger partial charge in [-0.1, -0.05) is 12.2 Å². The van der Waals surface area contributed by atoms with Crippen molar-refractivity contribution >= 4 is 16.7 Å². The highest BCUT2D eigenvalue weighted by Crippen LogP contribution is 2.15. The maximum absolute atomic E-state index is 13.2. The largest absolute Gasteiger partial charge is 0.417 e. The van der Waals surface area contributed by atoms with Gasteiger partial charge in [-0.15, -0.1) is 13.2 Å². The Balaban J connectivity index is 2.50. The van der Waals surface area contributed by atoms with Crippen molar-refractivity contribution < 1.29 is 13.6 Å². The van der Waals surface area contributed by atoms with Gasteiger partial charge >= 0.3 is 5.63 Å². The molecule has 5 heteroatoms. The van der Waals surface area contributed by atoms with Gasteiger partial charge in [0, 0.05) is 13.1 Å². The fourth-order valence-electron chi connectivity index (χ4n) is 1.98. The Bertz CT molecular complexity index is 754. The Morgan fingerprint density at radius 3 is 2.52 bits per heavy atom. The van der Waals surface area contributed by atoms with E-state index in [0.717, 1.165) is 0 Å². The molecule has 0 saturated carbocycles. The van der Waals surface area contributed by atoms with Crippen LogP contribution < -0.4 is 5.63 Å². The topological polar surface area (TPSA) is 50.5 Å². The Morgan fingerprint density at radius 2 is 1.90 bits per heavy atom. The second kappa shape index (κ2) is 6.17. The van der Waals surface area contributed by atoms with Gasteiger partial charge in [0.15, 0.2) is 5.76 Å². The summed E-state index contributed by atoms with van der Waals surface area (Å²) >= 11 is 0. The van der Waals surface area contributed by atoms with Gasteiger partial charge in [0.1, 0.15) is 5.82 Å². The number of hydrogen-bond donors (Lipinski definition) is 0. The first-order chi connectivity index (χ1) is 10.1. The number of nitrogens with zero attached hydrogens (tertiary/aromatic N) is 1. The average molecular weight is 287 g/mol. The molecule has 0 aliphatic rings. The lowest BCUT2D eigenvalue weighted by molar-refractivity contribution is 0.0755. The van der Waals surface area contributed by atoms with Crippen LogP contribution in [0.25, 0.3) is 10.8 Å². The van der Waals surface area contributed by atoms with Crippen molar-refractivity contribution in [2.24, 2.45) is 0 Å². The van der Waals surface area contributed by atoms with Gasteiger partial charge in [0.05, 0.1) is 5.39 Å². The molecule has 0 aliphatic carbocycles. The van der Waals surface area contributed by atoms with Crippen molar-refractivity contribution in [2.75, 3.05) is 13.1 Å². The van der Waals surface area contributed by atoms with Crippen LogP contribution in [0.3, 0.4) is 0 Å². The number of hydrogen-bond acceptors (Lipinski definition) is 3. The standard InChI is InChI=1S/C16H14FNO3/c1-3-7-18(8-4-2)15(19)14-10-11-9-12(17)5-6-13(11)16(20)21-14/h3-6,9-10H,1-2,7-8H2. The first-order valence-corrected chi connectivity index (χ1v) is 6.31. The third kappa shape index (κ3) is 3.08. The predicted octanol–water partition coefficient (Wildman–Crippen LogP) is 2.75. The third-order valence-electron chi connectivity index (χ3n) is 2.92. The summed E-state index contributed by atoms with van der Waals surface area (Å²) < 4.78 is 18.3. The van der Waals surface area contributed by atoms with E-state index >= 15 is 0 Å². The van der Waals surface area contributed by atoms with E-state index in [2.05, 4.69) is 13.2 Å². The van der Waals surface area contributed by atoms with Crippen molar-refractivity contribution in [2.45, 2.75) is 0 Å². The fraction of sp³-hybridized carbons (Fsp3) is 0.125. The minimum absolute atomic E-state index is 0.137. The van der Waals surface area contributed by atoms with Crippen LogP contribution in [0.5, 0.6) is 0 Å². The molecule has 1 aromatic carbocycles. The summed E-state index contributed by atoms with van der Waals surface area (Å²) in [6.07, 6.45) is 3.11. The molecule has 0 bridgehead atoms. The second-order valence-electron chi connectivity index (χ2n) is 4.42. The summed E-state index contributed by atoms with van der Waals surface area (Å²) in [6.45, 7) is 7.71. The van der Waals surface area contributed by atoms with Gasteiger partial charge in [-0.3, -0.25) is 4.79 Å². The van der Waals surface area contributed by atoms with E-state index in [1.807, 2.05) is 0 Å². The van der Waals surface area contributed by atoms with E-state index < -0.39 is 17.3 Å². The normalized spacial score (nSPS) is 10.3. The van der Waals surface area contributed by atoms with Gasteiger partial charge in [-0.2, -0.15) is 0 Å². The number of amides is 1. The number of rotatable bonds is 5. The summed E-state index contributed by atoms with van der Waals surface area (Å²) in [5, 5.41) is 0.554. The number of fused-ring (bicyclic) bond motifs is 1. The molecule has 0 saturated heterocycles. The Morgan fingerprint density at radius 1 is 1.24 bits per heavy atom. The SMILES string of the molecule is C=CCN(CC=C)C(=O)c1cc2cc(F)ccc2c(=O)o1. The fourth-order valence-corrected chi connectivity index (χ4v) is 1.98. The summed E-state index contributed by atoms with van der Waals surface area (Å²) in [5.74, 6) is -1.10. The van der Waals surface area contributed by atoms with Gasteiger partial charge in [0.25, 0.3) is 5.91 Å². The monoisotopic (exact) mass is 287 g/mol. The first kappa shape index (κ1) is 14.7. The number of carbonyl (C=O) groups is 1. The quantitative estimate of drug-likeness (QED) is 0.794. The van der Waals surface area contributed by atoms with Crippen LogP contribution >= 0.6 is 0 Å². The second-order valence-corrected chi connectivity index (χ2v) is 4.42. The van der Waals surface area contributed by atoms with E-state index in [1.54, 1.807) is 12.2 Å². The van der Waals surface area contributed by atoms with Gasteiger partial charge in [0.2, 0.25) is 0 Å². The third-order valence-corrected chi connectivity index (χ3v) is 2.92. The summed E-state index contributed by atoms with van der Waals surface area (Å²) in [7, 11) is 0. The van der Waals surface area contributed by atoms with Crippen molar-refractivity contribution in [1.29, 1.82) is 0 Å². The molecule has 2 aromatic rings. The van der Waals surface area contributed by atoms with Crippen LogP contribution in [0.15, 0.2) is 58.8 Å². The van der Waals surface area contributed by atoms with Crippen molar-refractivity contribution in [3.63, 3.8) is 0 Å². The molecule has 0 aliphatic heterocycles. The van der Waals surface area contributed by atoms with E-state index in [0.29, 0.717) is 5.39 Å².